The second-order valence-corrected chi connectivity index (χ2v) is 1.78. The molecule has 1 rings (SSSR count). The van der Waals surface area contributed by atoms with Gasteiger partial charge in [-0.1, -0.05) is 0 Å². The van der Waals surface area contributed by atoms with Crippen LogP contribution in [-0.4, -0.2) is 11.7 Å². The average Bonchev–Trinajstić information content (AvgIpc) is 1.86. The lowest BCUT2D eigenvalue weighted by atomic mass is 10.4. The van der Waals surface area contributed by atoms with Crippen LogP contribution >= 0.6 is 12.2 Å². The summed E-state index contributed by atoms with van der Waals surface area (Å²) >= 11 is 4.70. The van der Waals surface area contributed by atoms with Gasteiger partial charge in [-0.05, 0) is 18.6 Å². The molecule has 0 atom stereocenters. The van der Waals surface area contributed by atoms with Crippen molar-refractivity contribution < 1.29 is 4.74 Å². The van der Waals surface area contributed by atoms with E-state index in [1.807, 2.05) is 0 Å². The van der Waals surface area contributed by atoms with Crippen molar-refractivity contribution in [3.8, 4) is 0 Å². The van der Waals surface area contributed by atoms with Crippen molar-refractivity contribution in [3.05, 3.63) is 0 Å². The Morgan fingerprint density at radius 3 is 2.67 bits per heavy atom. The topological polar surface area (TPSA) is 9.23 Å². The molecule has 0 aromatic carbocycles. The molecule has 1 saturated heterocycles. The zero-order valence-electron chi connectivity index (χ0n) is 3.44. The first-order valence-electron chi connectivity index (χ1n) is 2.05. The highest BCUT2D eigenvalue weighted by molar-refractivity contribution is 7.80. The van der Waals surface area contributed by atoms with Crippen LogP contribution in [0.3, 0.4) is 0 Å². The third kappa shape index (κ3) is 0.684. The van der Waals surface area contributed by atoms with E-state index in [-0.39, 0.29) is 0 Å². The van der Waals surface area contributed by atoms with Gasteiger partial charge in [0, 0.05) is 6.42 Å². The predicted octanol–water partition coefficient (Wildman–Crippen LogP) is 1.12. The quantitative estimate of drug-likeness (QED) is 0.424. The van der Waals surface area contributed by atoms with E-state index >= 15 is 0 Å². The summed E-state index contributed by atoms with van der Waals surface area (Å²) in [6.07, 6.45) is 2.12. The minimum atomic E-state index is 0.787. The summed E-state index contributed by atoms with van der Waals surface area (Å²) in [6, 6.07) is 0. The lowest BCUT2D eigenvalue weighted by Crippen LogP contribution is -1.84. The van der Waals surface area contributed by atoms with E-state index in [1.54, 1.807) is 0 Å². The molecule has 0 amide bonds. The summed E-state index contributed by atoms with van der Waals surface area (Å²) in [4.78, 5) is 0. The van der Waals surface area contributed by atoms with Gasteiger partial charge in [0.05, 0.1) is 6.61 Å². The van der Waals surface area contributed by atoms with Crippen molar-refractivity contribution >= 4 is 17.3 Å². The van der Waals surface area contributed by atoms with Gasteiger partial charge in [-0.25, -0.2) is 0 Å². The zero-order valence-corrected chi connectivity index (χ0v) is 4.25. The second kappa shape index (κ2) is 1.56. The van der Waals surface area contributed by atoms with Crippen LogP contribution in [0.1, 0.15) is 12.8 Å². The number of rotatable bonds is 0. The molecule has 34 valence electrons. The number of hydrogen-bond donors (Lipinski definition) is 0. The second-order valence-electron chi connectivity index (χ2n) is 1.32. The molecule has 0 spiro atoms. The molecule has 1 aliphatic heterocycles. The van der Waals surface area contributed by atoms with E-state index in [0.717, 1.165) is 24.5 Å². The maximum absolute atomic E-state index is 4.88. The first-order valence-corrected chi connectivity index (χ1v) is 2.46. The largest absolute Gasteiger partial charge is 0.487 e. The Labute approximate surface area is 42.3 Å². The Kier molecular flexibility index (Phi) is 1.05. The first kappa shape index (κ1) is 4.06. The van der Waals surface area contributed by atoms with Crippen LogP contribution in [-0.2, 0) is 4.74 Å². The van der Waals surface area contributed by atoms with E-state index in [2.05, 4.69) is 0 Å². The highest BCUT2D eigenvalue weighted by Gasteiger charge is 2.03. The van der Waals surface area contributed by atoms with Crippen molar-refractivity contribution in [2.75, 3.05) is 6.61 Å². The molecule has 1 heterocycles. The van der Waals surface area contributed by atoms with Crippen LogP contribution in [0.5, 0.6) is 0 Å². The maximum Gasteiger partial charge on any atom is 0.159 e. The minimum Gasteiger partial charge on any atom is -0.487 e. The molecule has 0 aromatic rings. The monoisotopic (exact) mass is 102 g/mol. The zero-order chi connectivity index (χ0) is 4.41. The van der Waals surface area contributed by atoms with E-state index in [4.69, 9.17) is 17.0 Å². The molecule has 6 heavy (non-hydrogen) atoms. The maximum atomic E-state index is 4.88. The third-order valence-electron chi connectivity index (χ3n) is 0.788. The predicted molar refractivity (Wildman–Crippen MR) is 27.8 cm³/mol. The summed E-state index contributed by atoms with van der Waals surface area (Å²) < 4.78 is 4.88. The van der Waals surface area contributed by atoms with E-state index in [0.29, 0.717) is 0 Å². The molecule has 0 radical (unpaired) electrons. The minimum absolute atomic E-state index is 0.787. The van der Waals surface area contributed by atoms with Gasteiger partial charge in [0.2, 0.25) is 0 Å². The Hall–Kier alpha value is -0.110. The fraction of sp³-hybridized carbons (Fsp3) is 0.750. The molecule has 0 aromatic heterocycles. The van der Waals surface area contributed by atoms with Crippen molar-refractivity contribution in [2.24, 2.45) is 0 Å². The van der Waals surface area contributed by atoms with E-state index in [1.165, 1.54) is 0 Å². The van der Waals surface area contributed by atoms with Crippen molar-refractivity contribution in [1.29, 1.82) is 0 Å². The Morgan fingerprint density at radius 2 is 2.50 bits per heavy atom. The van der Waals surface area contributed by atoms with Gasteiger partial charge < -0.3 is 4.74 Å². The summed E-state index contributed by atoms with van der Waals surface area (Å²) in [5.41, 5.74) is 0. The highest BCUT2D eigenvalue weighted by Crippen LogP contribution is 2.03. The fourth-order valence-corrected chi connectivity index (χ4v) is 0.702. The van der Waals surface area contributed by atoms with Crippen LogP contribution in [0.2, 0.25) is 0 Å². The lowest BCUT2D eigenvalue weighted by Gasteiger charge is -1.85. The Bertz CT molecular complexity index is 61.9. The van der Waals surface area contributed by atoms with E-state index < -0.39 is 0 Å². The Balaban J connectivity index is 2.37. The van der Waals surface area contributed by atoms with Crippen LogP contribution in [0.25, 0.3) is 0 Å². The van der Waals surface area contributed by atoms with Crippen molar-refractivity contribution in [2.45, 2.75) is 12.8 Å². The van der Waals surface area contributed by atoms with Gasteiger partial charge in [0.15, 0.2) is 5.05 Å². The van der Waals surface area contributed by atoms with Crippen molar-refractivity contribution in [1.82, 2.24) is 0 Å². The molecule has 1 nitrogen and oxygen atoms in total. The molecule has 0 aliphatic carbocycles. The summed E-state index contributed by atoms with van der Waals surface area (Å²) in [6.45, 7) is 0.846. The molecular weight excluding hydrogens is 96.1 g/mol. The van der Waals surface area contributed by atoms with Crippen LogP contribution in [0.4, 0.5) is 0 Å². The third-order valence-corrected chi connectivity index (χ3v) is 1.11. The molecule has 0 unspecified atom stereocenters. The molecular formula is C4H6OS. The molecule has 1 fully saturated rings. The highest BCUT2D eigenvalue weighted by atomic mass is 32.1. The van der Waals surface area contributed by atoms with Crippen molar-refractivity contribution in [3.63, 3.8) is 0 Å². The van der Waals surface area contributed by atoms with Gasteiger partial charge in [-0.2, -0.15) is 0 Å². The fourth-order valence-electron chi connectivity index (χ4n) is 0.475. The first-order chi connectivity index (χ1) is 2.89. The molecule has 2 heteroatoms. The summed E-state index contributed by atoms with van der Waals surface area (Å²) in [5, 5.41) is 0.787. The van der Waals surface area contributed by atoms with Gasteiger partial charge >= 0.3 is 0 Å². The van der Waals surface area contributed by atoms with Gasteiger partial charge in [0.25, 0.3) is 0 Å². The van der Waals surface area contributed by atoms with Crippen LogP contribution < -0.4 is 0 Å². The molecule has 0 N–H and O–H groups in total. The van der Waals surface area contributed by atoms with E-state index in [9.17, 15) is 0 Å². The molecule has 0 saturated carbocycles. The summed E-state index contributed by atoms with van der Waals surface area (Å²) in [5.74, 6) is 0. The average molecular weight is 102 g/mol. The number of ether oxygens (including phenoxy) is 1. The number of hydrogen-bond acceptors (Lipinski definition) is 2. The Morgan fingerprint density at radius 1 is 1.67 bits per heavy atom. The lowest BCUT2D eigenvalue weighted by molar-refractivity contribution is 0.351. The molecule has 1 aliphatic rings. The standard InChI is InChI=1S/C4H6OS/c6-4-2-1-3-5-4/h1-3H2. The smallest absolute Gasteiger partial charge is 0.159 e. The SMILES string of the molecule is S=C1CCCO1. The van der Waals surface area contributed by atoms with Gasteiger partial charge in [0.1, 0.15) is 0 Å². The van der Waals surface area contributed by atoms with Crippen LogP contribution in [0, 0.1) is 0 Å². The summed E-state index contributed by atoms with van der Waals surface area (Å²) in [7, 11) is 0. The van der Waals surface area contributed by atoms with Crippen LogP contribution in [0.15, 0.2) is 0 Å². The number of thiocarbonyl (C=S) groups is 1. The van der Waals surface area contributed by atoms with Gasteiger partial charge in [-0.3, -0.25) is 0 Å². The normalized spacial score (nSPS) is 21.0. The molecule has 0 bridgehead atoms. The van der Waals surface area contributed by atoms with Gasteiger partial charge in [-0.15, -0.1) is 0 Å².